The van der Waals surface area contributed by atoms with Crippen LogP contribution in [-0.4, -0.2) is 34.8 Å². The Morgan fingerprint density at radius 2 is 1.45 bits per heavy atom. The van der Waals surface area contributed by atoms with Crippen LogP contribution in [0.5, 0.6) is 11.5 Å². The van der Waals surface area contributed by atoms with Gasteiger partial charge < -0.3 is 10.2 Å². The summed E-state index contributed by atoms with van der Waals surface area (Å²) in [4.78, 5) is 24.1. The number of carbonyl (C=O) groups excluding carboxylic acids is 2. The van der Waals surface area contributed by atoms with E-state index in [1.165, 1.54) is 12.1 Å². The van der Waals surface area contributed by atoms with Crippen LogP contribution in [0.3, 0.4) is 0 Å². The van der Waals surface area contributed by atoms with Gasteiger partial charge in [0.1, 0.15) is 4.90 Å². The molecule has 1 aliphatic carbocycles. The number of phenols is 2. The van der Waals surface area contributed by atoms with Crippen molar-refractivity contribution < 1.29 is 32.8 Å². The van der Waals surface area contributed by atoms with Gasteiger partial charge in [0.2, 0.25) is 0 Å². The maximum atomic E-state index is 12.5. The fraction of sp³-hybridized carbons (Fsp3) is 0. The van der Waals surface area contributed by atoms with E-state index in [0.29, 0.717) is 0 Å². The molecule has 0 aromatic heterocycles. The lowest BCUT2D eigenvalue weighted by atomic mass is 9.83. The quantitative estimate of drug-likeness (QED) is 0.452. The molecule has 3 rings (SSSR count). The minimum atomic E-state index is -4.74. The van der Waals surface area contributed by atoms with Gasteiger partial charge in [-0.25, -0.2) is 0 Å². The molecule has 2 aromatic carbocycles. The largest absolute Gasteiger partial charge is 0.504 e. The second-order valence-corrected chi connectivity index (χ2v) is 6.06. The first kappa shape index (κ1) is 14.2. The topological polar surface area (TPSA) is 129 Å². The SMILES string of the molecule is O=C1c2cccc(S(=O)(=O)O)c2C(=O)c2c1ccc(O)c2O. The molecule has 0 saturated carbocycles. The molecule has 0 amide bonds. The van der Waals surface area contributed by atoms with Crippen LogP contribution in [0, 0.1) is 0 Å². The van der Waals surface area contributed by atoms with Gasteiger partial charge >= 0.3 is 0 Å². The number of hydrogen-bond acceptors (Lipinski definition) is 6. The Labute approximate surface area is 124 Å². The first-order chi connectivity index (χ1) is 10.2. The first-order valence-corrected chi connectivity index (χ1v) is 7.42. The van der Waals surface area contributed by atoms with Gasteiger partial charge in [-0.1, -0.05) is 12.1 Å². The highest BCUT2D eigenvalue weighted by Gasteiger charge is 2.36. The highest BCUT2D eigenvalue weighted by atomic mass is 32.2. The molecule has 0 saturated heterocycles. The Hall–Kier alpha value is -2.71. The molecule has 0 bridgehead atoms. The average Bonchev–Trinajstić information content (AvgIpc) is 2.46. The molecule has 0 fully saturated rings. The van der Waals surface area contributed by atoms with Crippen molar-refractivity contribution in [3.63, 3.8) is 0 Å². The molecule has 0 aliphatic heterocycles. The zero-order valence-electron chi connectivity index (χ0n) is 10.8. The minimum Gasteiger partial charge on any atom is -0.504 e. The van der Waals surface area contributed by atoms with Gasteiger partial charge in [-0.3, -0.25) is 14.1 Å². The summed E-state index contributed by atoms with van der Waals surface area (Å²) in [5, 5.41) is 19.3. The van der Waals surface area contributed by atoms with E-state index >= 15 is 0 Å². The van der Waals surface area contributed by atoms with Gasteiger partial charge in [0.25, 0.3) is 10.1 Å². The Morgan fingerprint density at radius 3 is 2.09 bits per heavy atom. The van der Waals surface area contributed by atoms with E-state index in [-0.39, 0.29) is 11.1 Å². The molecule has 3 N–H and O–H groups in total. The summed E-state index contributed by atoms with van der Waals surface area (Å²) in [6.07, 6.45) is 0. The summed E-state index contributed by atoms with van der Waals surface area (Å²) in [6.45, 7) is 0. The van der Waals surface area contributed by atoms with Crippen LogP contribution in [0.15, 0.2) is 35.2 Å². The van der Waals surface area contributed by atoms with Crippen molar-refractivity contribution in [3.05, 3.63) is 52.6 Å². The summed E-state index contributed by atoms with van der Waals surface area (Å²) in [6, 6.07) is 5.66. The molecular weight excluding hydrogens is 312 g/mol. The van der Waals surface area contributed by atoms with E-state index < -0.39 is 49.2 Å². The van der Waals surface area contributed by atoms with E-state index in [4.69, 9.17) is 0 Å². The summed E-state index contributed by atoms with van der Waals surface area (Å²) in [7, 11) is -4.74. The second-order valence-electron chi connectivity index (χ2n) is 4.67. The Bertz CT molecular complexity index is 957. The highest BCUT2D eigenvalue weighted by Crippen LogP contribution is 2.39. The van der Waals surface area contributed by atoms with E-state index in [2.05, 4.69) is 0 Å². The molecule has 112 valence electrons. The lowest BCUT2D eigenvalue weighted by Crippen LogP contribution is -2.23. The maximum Gasteiger partial charge on any atom is 0.295 e. The standard InChI is InChI=1S/C14H8O7S/c15-8-5-4-7-11(13(8)17)14(18)10-6(12(7)16)2-1-3-9(10)22(19,20)21/h1-5,15,17H,(H,19,20,21). The third kappa shape index (κ3) is 1.81. The van der Waals surface area contributed by atoms with Crippen molar-refractivity contribution in [2.75, 3.05) is 0 Å². The molecule has 7 nitrogen and oxygen atoms in total. The molecule has 1 aliphatic rings. The summed E-state index contributed by atoms with van der Waals surface area (Å²) in [5.74, 6) is -3.09. The number of aromatic hydroxyl groups is 2. The van der Waals surface area contributed by atoms with Crippen molar-refractivity contribution in [2.24, 2.45) is 0 Å². The second kappa shape index (κ2) is 4.39. The predicted molar refractivity (Wildman–Crippen MR) is 72.9 cm³/mol. The monoisotopic (exact) mass is 320 g/mol. The van der Waals surface area contributed by atoms with Crippen molar-refractivity contribution in [1.29, 1.82) is 0 Å². The smallest absolute Gasteiger partial charge is 0.295 e. The number of benzene rings is 2. The van der Waals surface area contributed by atoms with Crippen LogP contribution in [0.4, 0.5) is 0 Å². The van der Waals surface area contributed by atoms with Crippen LogP contribution >= 0.6 is 0 Å². The Balaban J connectivity index is 2.43. The van der Waals surface area contributed by atoms with E-state index in [0.717, 1.165) is 18.2 Å². The average molecular weight is 320 g/mol. The normalized spacial score (nSPS) is 13.7. The molecule has 0 atom stereocenters. The maximum absolute atomic E-state index is 12.5. The van der Waals surface area contributed by atoms with Gasteiger partial charge in [-0.15, -0.1) is 0 Å². The van der Waals surface area contributed by atoms with Gasteiger partial charge in [-0.05, 0) is 18.2 Å². The van der Waals surface area contributed by atoms with E-state index in [1.54, 1.807) is 0 Å². The molecular formula is C14H8O7S. The van der Waals surface area contributed by atoms with Gasteiger partial charge in [0, 0.05) is 11.1 Å². The number of fused-ring (bicyclic) bond motifs is 2. The molecule has 22 heavy (non-hydrogen) atoms. The van der Waals surface area contributed by atoms with Gasteiger partial charge in [-0.2, -0.15) is 8.42 Å². The molecule has 0 heterocycles. The number of carbonyl (C=O) groups is 2. The van der Waals surface area contributed by atoms with Crippen molar-refractivity contribution in [3.8, 4) is 11.5 Å². The lowest BCUT2D eigenvalue weighted by molar-refractivity contribution is 0.0973. The van der Waals surface area contributed by atoms with Crippen LogP contribution in [0.1, 0.15) is 31.8 Å². The molecule has 8 heteroatoms. The molecule has 0 spiro atoms. The summed E-state index contributed by atoms with van der Waals surface area (Å²) >= 11 is 0. The zero-order valence-corrected chi connectivity index (χ0v) is 11.6. The van der Waals surface area contributed by atoms with Crippen LogP contribution in [-0.2, 0) is 10.1 Å². The van der Waals surface area contributed by atoms with E-state index in [9.17, 15) is 32.8 Å². The third-order valence-electron chi connectivity index (χ3n) is 3.40. The summed E-state index contributed by atoms with van der Waals surface area (Å²) < 4.78 is 32.0. The Kier molecular flexibility index (Phi) is 2.84. The van der Waals surface area contributed by atoms with Crippen LogP contribution in [0.25, 0.3) is 0 Å². The fourth-order valence-corrected chi connectivity index (χ4v) is 3.15. The number of phenolic OH excluding ortho intramolecular Hbond substituents is 2. The van der Waals surface area contributed by atoms with Gasteiger partial charge in [0.15, 0.2) is 23.1 Å². The number of rotatable bonds is 1. The molecule has 0 unspecified atom stereocenters. The van der Waals surface area contributed by atoms with Crippen molar-refractivity contribution in [1.82, 2.24) is 0 Å². The van der Waals surface area contributed by atoms with Crippen molar-refractivity contribution >= 4 is 21.7 Å². The van der Waals surface area contributed by atoms with Crippen molar-refractivity contribution in [2.45, 2.75) is 4.90 Å². The van der Waals surface area contributed by atoms with E-state index in [1.807, 2.05) is 0 Å². The predicted octanol–water partition coefficient (Wildman–Crippen LogP) is 1.12. The molecule has 0 radical (unpaired) electrons. The Morgan fingerprint density at radius 1 is 0.818 bits per heavy atom. The fourth-order valence-electron chi connectivity index (χ4n) is 2.44. The highest BCUT2D eigenvalue weighted by molar-refractivity contribution is 7.86. The summed E-state index contributed by atoms with van der Waals surface area (Å²) in [5.41, 5.74) is -1.37. The first-order valence-electron chi connectivity index (χ1n) is 5.98. The third-order valence-corrected chi connectivity index (χ3v) is 4.30. The number of hydrogen-bond donors (Lipinski definition) is 3. The van der Waals surface area contributed by atoms with Gasteiger partial charge in [0.05, 0.1) is 11.1 Å². The molecule has 2 aromatic rings. The zero-order chi connectivity index (χ0) is 16.2. The van der Waals surface area contributed by atoms with Crippen LogP contribution in [0.2, 0.25) is 0 Å². The number of ketones is 2. The van der Waals surface area contributed by atoms with Crippen LogP contribution < -0.4 is 0 Å². The lowest BCUT2D eigenvalue weighted by Gasteiger charge is -2.20. The minimum absolute atomic E-state index is 0.153.